The monoisotopic (exact) mass is 439 g/mol. The maximum atomic E-state index is 12.9. The Morgan fingerprint density at radius 3 is 2.55 bits per heavy atom. The van der Waals surface area contributed by atoms with Gasteiger partial charge in [-0.2, -0.15) is 5.10 Å². The van der Waals surface area contributed by atoms with Crippen molar-refractivity contribution in [2.45, 2.75) is 13.3 Å². The molecule has 3 heterocycles. The molecule has 0 unspecified atom stereocenters. The summed E-state index contributed by atoms with van der Waals surface area (Å²) in [5.74, 6) is 0.909. The fraction of sp³-hybridized carbons (Fsp3) is 0.318. The van der Waals surface area contributed by atoms with Crippen LogP contribution in [0.1, 0.15) is 29.5 Å². The minimum atomic E-state index is -0.289. The van der Waals surface area contributed by atoms with Crippen molar-refractivity contribution < 1.29 is 14.3 Å². The van der Waals surface area contributed by atoms with Crippen LogP contribution in [0.25, 0.3) is 5.57 Å². The predicted molar refractivity (Wildman–Crippen MR) is 122 cm³/mol. The Bertz CT molecular complexity index is 1100. The van der Waals surface area contributed by atoms with Crippen LogP contribution in [-0.2, 0) is 7.05 Å². The number of methoxy groups -OCH3 is 2. The molecule has 1 amide bonds. The van der Waals surface area contributed by atoms with Gasteiger partial charge in [-0.25, -0.2) is 4.98 Å². The van der Waals surface area contributed by atoms with Crippen LogP contribution in [0.2, 0.25) is 0 Å². The van der Waals surface area contributed by atoms with Gasteiger partial charge in [0.05, 0.1) is 19.9 Å². The van der Waals surface area contributed by atoms with Gasteiger partial charge in [0.2, 0.25) is 0 Å². The molecule has 162 valence electrons. The largest absolute Gasteiger partial charge is 0.497 e. The number of hydrogen-bond donors (Lipinski definition) is 1. The molecule has 9 heteroatoms. The van der Waals surface area contributed by atoms with Gasteiger partial charge in [-0.15, -0.1) is 11.3 Å². The molecule has 0 aliphatic carbocycles. The molecule has 0 saturated heterocycles. The van der Waals surface area contributed by atoms with E-state index < -0.39 is 0 Å². The van der Waals surface area contributed by atoms with Gasteiger partial charge in [0.25, 0.3) is 5.91 Å². The van der Waals surface area contributed by atoms with E-state index in [1.165, 1.54) is 11.1 Å². The predicted octanol–water partition coefficient (Wildman–Crippen LogP) is 3.83. The number of nitrogens with one attached hydrogen (secondary N) is 1. The Morgan fingerprint density at radius 2 is 1.90 bits per heavy atom. The third kappa shape index (κ3) is 4.41. The van der Waals surface area contributed by atoms with Gasteiger partial charge in [-0.3, -0.25) is 9.48 Å². The number of ether oxygens (including phenoxy) is 2. The summed E-state index contributed by atoms with van der Waals surface area (Å²) in [6.07, 6.45) is 2.77. The van der Waals surface area contributed by atoms with E-state index in [-0.39, 0.29) is 5.91 Å². The molecule has 4 rings (SSSR count). The van der Waals surface area contributed by atoms with Crippen molar-refractivity contribution in [3.63, 3.8) is 0 Å². The minimum absolute atomic E-state index is 0.289. The second kappa shape index (κ2) is 8.81. The molecule has 0 saturated carbocycles. The zero-order valence-corrected chi connectivity index (χ0v) is 18.8. The van der Waals surface area contributed by atoms with Gasteiger partial charge in [-0.1, -0.05) is 5.57 Å². The van der Waals surface area contributed by atoms with Crippen LogP contribution in [0.15, 0.2) is 41.4 Å². The maximum Gasteiger partial charge on any atom is 0.276 e. The summed E-state index contributed by atoms with van der Waals surface area (Å²) in [5, 5.41) is 10.3. The highest BCUT2D eigenvalue weighted by Crippen LogP contribution is 2.31. The lowest BCUT2D eigenvalue weighted by molar-refractivity contribution is 0.102. The molecule has 1 aliphatic heterocycles. The van der Waals surface area contributed by atoms with E-state index in [2.05, 4.69) is 27.2 Å². The van der Waals surface area contributed by atoms with Crippen LogP contribution >= 0.6 is 11.3 Å². The molecule has 0 spiro atoms. The van der Waals surface area contributed by atoms with E-state index >= 15 is 0 Å². The van der Waals surface area contributed by atoms with Crippen LogP contribution in [0.4, 0.5) is 10.8 Å². The number of rotatable bonds is 6. The molecule has 31 heavy (non-hydrogen) atoms. The topological polar surface area (TPSA) is 81.5 Å². The van der Waals surface area contributed by atoms with E-state index in [1.54, 1.807) is 48.4 Å². The van der Waals surface area contributed by atoms with Crippen LogP contribution in [0.5, 0.6) is 11.5 Å². The normalized spacial score (nSPS) is 14.0. The maximum absolute atomic E-state index is 12.9. The number of thiazole rings is 1. The van der Waals surface area contributed by atoms with Crippen molar-refractivity contribution in [2.24, 2.45) is 7.05 Å². The Kier molecular flexibility index (Phi) is 5.94. The molecule has 1 aliphatic rings. The van der Waals surface area contributed by atoms with Crippen molar-refractivity contribution in [1.29, 1.82) is 0 Å². The fourth-order valence-electron chi connectivity index (χ4n) is 3.63. The molecule has 3 aromatic rings. The van der Waals surface area contributed by atoms with Crippen LogP contribution in [0, 0.1) is 0 Å². The summed E-state index contributed by atoms with van der Waals surface area (Å²) in [5.41, 5.74) is 4.35. The summed E-state index contributed by atoms with van der Waals surface area (Å²) in [6.45, 7) is 3.82. The second-order valence-electron chi connectivity index (χ2n) is 7.34. The second-order valence-corrected chi connectivity index (χ2v) is 8.21. The molecule has 2 aromatic heterocycles. The number of amides is 1. The lowest BCUT2D eigenvalue weighted by Gasteiger charge is -2.29. The molecular formula is C22H25N5O3S. The Labute approximate surface area is 185 Å². The van der Waals surface area contributed by atoms with Gasteiger partial charge in [-0.05, 0) is 25.0 Å². The number of carbonyl (C=O) groups is 1. The number of nitrogens with zero attached hydrogens (tertiary/aromatic N) is 4. The lowest BCUT2D eigenvalue weighted by atomic mass is 9.99. The Hall–Kier alpha value is -3.33. The standard InChI is InChI=1S/C22H25N5O3S/c1-14-5-7-27(22-23-6-8-31-22)13-18(14)20-12-19(25-26(20)2)21(28)24-15-9-16(29-3)11-17(10-15)30-4/h6,8-12H,5,7,13H2,1-4H3,(H,24,28). The molecular weight excluding hydrogens is 414 g/mol. The first-order chi connectivity index (χ1) is 15.0. The minimum Gasteiger partial charge on any atom is -0.497 e. The molecule has 0 fully saturated rings. The summed E-state index contributed by atoms with van der Waals surface area (Å²) < 4.78 is 12.3. The number of hydrogen-bond acceptors (Lipinski definition) is 7. The highest BCUT2D eigenvalue weighted by atomic mass is 32.1. The van der Waals surface area contributed by atoms with Crippen molar-refractivity contribution >= 4 is 33.6 Å². The molecule has 0 bridgehead atoms. The summed E-state index contributed by atoms with van der Waals surface area (Å²) in [7, 11) is 5.00. The van der Waals surface area contributed by atoms with Crippen molar-refractivity contribution in [3.8, 4) is 11.5 Å². The van der Waals surface area contributed by atoms with Crippen LogP contribution in [0.3, 0.4) is 0 Å². The zero-order chi connectivity index (χ0) is 22.0. The van der Waals surface area contributed by atoms with Gasteiger partial charge in [0, 0.05) is 55.6 Å². The van der Waals surface area contributed by atoms with Crippen LogP contribution in [-0.4, -0.2) is 48.0 Å². The number of aryl methyl sites for hydroxylation is 1. The zero-order valence-electron chi connectivity index (χ0n) is 18.0. The van der Waals surface area contributed by atoms with E-state index in [1.807, 2.05) is 24.7 Å². The van der Waals surface area contributed by atoms with Gasteiger partial charge in [0.15, 0.2) is 10.8 Å². The van der Waals surface area contributed by atoms with E-state index in [4.69, 9.17) is 9.47 Å². The van der Waals surface area contributed by atoms with Gasteiger partial charge in [0.1, 0.15) is 11.5 Å². The van der Waals surface area contributed by atoms with E-state index in [0.29, 0.717) is 22.9 Å². The quantitative estimate of drug-likeness (QED) is 0.629. The number of anilines is 2. The molecule has 1 aromatic carbocycles. The van der Waals surface area contributed by atoms with Gasteiger partial charge < -0.3 is 19.7 Å². The Balaban J connectivity index is 1.57. The van der Waals surface area contributed by atoms with Crippen molar-refractivity contribution in [2.75, 3.05) is 37.5 Å². The smallest absolute Gasteiger partial charge is 0.276 e. The summed E-state index contributed by atoms with van der Waals surface area (Å²) in [6, 6.07) is 7.08. The third-order valence-corrected chi connectivity index (χ3v) is 6.17. The molecule has 1 N–H and O–H groups in total. The Morgan fingerprint density at radius 1 is 1.16 bits per heavy atom. The molecule has 0 atom stereocenters. The van der Waals surface area contributed by atoms with Crippen molar-refractivity contribution in [3.05, 3.63) is 52.8 Å². The number of carbonyl (C=O) groups excluding carboxylic acids is 1. The van der Waals surface area contributed by atoms with E-state index in [0.717, 1.165) is 30.3 Å². The first-order valence-electron chi connectivity index (χ1n) is 9.90. The average Bonchev–Trinajstić information content (AvgIpc) is 3.44. The first-order valence-corrected chi connectivity index (χ1v) is 10.8. The fourth-order valence-corrected chi connectivity index (χ4v) is 4.30. The summed E-state index contributed by atoms with van der Waals surface area (Å²) >= 11 is 1.63. The number of benzene rings is 1. The SMILES string of the molecule is COc1cc(NC(=O)c2cc(C3=C(C)CCN(c4nccs4)C3)n(C)n2)cc(OC)c1. The van der Waals surface area contributed by atoms with E-state index in [9.17, 15) is 4.79 Å². The molecule has 0 radical (unpaired) electrons. The first kappa shape index (κ1) is 20.9. The highest BCUT2D eigenvalue weighted by Gasteiger charge is 2.23. The number of aromatic nitrogens is 3. The highest BCUT2D eigenvalue weighted by molar-refractivity contribution is 7.13. The summed E-state index contributed by atoms with van der Waals surface area (Å²) in [4.78, 5) is 19.6. The lowest BCUT2D eigenvalue weighted by Crippen LogP contribution is -2.31. The van der Waals surface area contributed by atoms with Crippen molar-refractivity contribution in [1.82, 2.24) is 14.8 Å². The third-order valence-electron chi connectivity index (χ3n) is 5.34. The van der Waals surface area contributed by atoms with Gasteiger partial charge >= 0.3 is 0 Å². The average molecular weight is 440 g/mol. The molecule has 8 nitrogen and oxygen atoms in total. The van der Waals surface area contributed by atoms with Crippen LogP contribution < -0.4 is 19.7 Å².